The smallest absolute Gasteiger partial charge is 0.321 e. The van der Waals surface area contributed by atoms with Gasteiger partial charge in [0.2, 0.25) is 0 Å². The van der Waals surface area contributed by atoms with Crippen molar-refractivity contribution < 1.29 is 28.6 Å². The molecule has 3 amide bonds. The third-order valence-corrected chi connectivity index (χ3v) is 4.57. The van der Waals surface area contributed by atoms with Gasteiger partial charge in [-0.15, -0.1) is 0 Å². The van der Waals surface area contributed by atoms with Gasteiger partial charge >= 0.3 is 12.0 Å². The Morgan fingerprint density at radius 1 is 1.07 bits per heavy atom. The molecule has 1 fully saturated rings. The normalized spacial score (nSPS) is 15.1. The molecule has 0 saturated heterocycles. The van der Waals surface area contributed by atoms with Crippen molar-refractivity contribution in [2.45, 2.75) is 64.5 Å². The number of carbonyl (C=O) groups excluding carboxylic acids is 3. The fourth-order valence-electron chi connectivity index (χ4n) is 3.08. The number of ether oxygens (including phenoxy) is 3. The van der Waals surface area contributed by atoms with Crippen LogP contribution in [0, 0.1) is 0 Å². The monoisotopic (exact) mass is 406 g/mol. The molecule has 160 valence electrons. The molecular weight excluding hydrogens is 376 g/mol. The number of imide groups is 1. The Kier molecular flexibility index (Phi) is 9.27. The maximum atomic E-state index is 12.0. The Bertz CT molecular complexity index is 688. The van der Waals surface area contributed by atoms with Crippen LogP contribution in [-0.2, 0) is 14.3 Å². The van der Waals surface area contributed by atoms with E-state index in [0.29, 0.717) is 18.1 Å². The van der Waals surface area contributed by atoms with Gasteiger partial charge in [-0.3, -0.25) is 14.9 Å². The Labute approximate surface area is 171 Å². The second-order valence-corrected chi connectivity index (χ2v) is 6.91. The van der Waals surface area contributed by atoms with Crippen LogP contribution in [0.25, 0.3) is 0 Å². The summed E-state index contributed by atoms with van der Waals surface area (Å²) >= 11 is 0. The molecule has 2 N–H and O–H groups in total. The largest absolute Gasteiger partial charge is 0.490 e. The third-order valence-electron chi connectivity index (χ3n) is 4.57. The number of esters is 1. The standard InChI is InChI=1S/C21H30N2O6/c1-3-27-17-11-7-8-12-18(17)28-14-13-19(24)29-15(2)20(25)23-21(26)22-16-9-5-4-6-10-16/h7-8,11-12,15-16H,3-6,9-10,13-14H2,1-2H3,(H2,22,23,25,26)/t15-/m1/s1. The molecular formula is C21H30N2O6. The number of nitrogens with one attached hydrogen (secondary N) is 2. The molecule has 0 heterocycles. The first-order valence-corrected chi connectivity index (χ1v) is 10.1. The summed E-state index contributed by atoms with van der Waals surface area (Å²) in [6, 6.07) is 6.70. The number of hydrogen-bond donors (Lipinski definition) is 2. The molecule has 29 heavy (non-hydrogen) atoms. The SMILES string of the molecule is CCOc1ccccc1OCCC(=O)O[C@H](C)C(=O)NC(=O)NC1CCCCC1. The molecule has 8 heteroatoms. The van der Waals surface area contributed by atoms with E-state index in [4.69, 9.17) is 14.2 Å². The summed E-state index contributed by atoms with van der Waals surface area (Å²) < 4.78 is 16.1. The van der Waals surface area contributed by atoms with E-state index in [1.165, 1.54) is 13.3 Å². The third kappa shape index (κ3) is 8.01. The molecule has 2 rings (SSSR count). The molecule has 0 unspecified atom stereocenters. The van der Waals surface area contributed by atoms with Crippen LogP contribution < -0.4 is 20.1 Å². The minimum absolute atomic E-state index is 0.0354. The van der Waals surface area contributed by atoms with Crippen LogP contribution in [-0.4, -0.2) is 43.3 Å². The molecule has 1 saturated carbocycles. The van der Waals surface area contributed by atoms with E-state index in [2.05, 4.69) is 10.6 Å². The summed E-state index contributed by atoms with van der Waals surface area (Å²) in [5, 5.41) is 5.00. The molecule has 0 radical (unpaired) electrons. The number of benzene rings is 1. The highest BCUT2D eigenvalue weighted by Crippen LogP contribution is 2.26. The van der Waals surface area contributed by atoms with Gasteiger partial charge in [0, 0.05) is 6.04 Å². The number of hydrogen-bond acceptors (Lipinski definition) is 6. The molecule has 1 aliphatic carbocycles. The van der Waals surface area contributed by atoms with Crippen molar-refractivity contribution >= 4 is 17.9 Å². The molecule has 8 nitrogen and oxygen atoms in total. The number of amides is 3. The Hall–Kier alpha value is -2.77. The van der Waals surface area contributed by atoms with Crippen LogP contribution in [0.4, 0.5) is 4.79 Å². The van der Waals surface area contributed by atoms with E-state index in [9.17, 15) is 14.4 Å². The molecule has 1 aliphatic rings. The summed E-state index contributed by atoms with van der Waals surface area (Å²) in [6.07, 6.45) is 4.04. The zero-order valence-electron chi connectivity index (χ0n) is 17.1. The van der Waals surface area contributed by atoms with Crippen molar-refractivity contribution in [1.82, 2.24) is 10.6 Å². The van der Waals surface area contributed by atoms with Crippen LogP contribution in [0.15, 0.2) is 24.3 Å². The lowest BCUT2D eigenvalue weighted by Crippen LogP contribution is -2.48. The maximum absolute atomic E-state index is 12.0. The molecule has 0 spiro atoms. The van der Waals surface area contributed by atoms with Crippen molar-refractivity contribution in [3.63, 3.8) is 0 Å². The van der Waals surface area contributed by atoms with Gasteiger partial charge in [-0.05, 0) is 38.8 Å². The van der Waals surface area contributed by atoms with Crippen molar-refractivity contribution in [3.8, 4) is 11.5 Å². The van der Waals surface area contributed by atoms with E-state index in [1.54, 1.807) is 18.2 Å². The second kappa shape index (κ2) is 11.9. The summed E-state index contributed by atoms with van der Waals surface area (Å²) in [5.74, 6) is -0.115. The fraction of sp³-hybridized carbons (Fsp3) is 0.571. The molecule has 1 atom stereocenters. The van der Waals surface area contributed by atoms with Gasteiger partial charge in [-0.1, -0.05) is 31.4 Å². The molecule has 1 aromatic rings. The number of carbonyl (C=O) groups is 3. The zero-order chi connectivity index (χ0) is 21.1. The van der Waals surface area contributed by atoms with E-state index < -0.39 is 24.0 Å². The van der Waals surface area contributed by atoms with Crippen LogP contribution in [0.5, 0.6) is 11.5 Å². The number of rotatable bonds is 9. The Morgan fingerprint density at radius 2 is 1.72 bits per heavy atom. The quantitative estimate of drug-likeness (QED) is 0.611. The van der Waals surface area contributed by atoms with Gasteiger partial charge in [-0.2, -0.15) is 0 Å². The van der Waals surface area contributed by atoms with Crippen LogP contribution in [0.1, 0.15) is 52.4 Å². The van der Waals surface area contributed by atoms with Crippen molar-refractivity contribution in [2.75, 3.05) is 13.2 Å². The summed E-state index contributed by atoms with van der Waals surface area (Å²) in [6.45, 7) is 3.88. The lowest BCUT2D eigenvalue weighted by Gasteiger charge is -2.23. The highest BCUT2D eigenvalue weighted by atomic mass is 16.6. The first kappa shape index (κ1) is 22.5. The van der Waals surface area contributed by atoms with Crippen molar-refractivity contribution in [2.24, 2.45) is 0 Å². The Morgan fingerprint density at radius 3 is 2.38 bits per heavy atom. The predicted molar refractivity (Wildman–Crippen MR) is 107 cm³/mol. The topological polar surface area (TPSA) is 103 Å². The predicted octanol–water partition coefficient (Wildman–Crippen LogP) is 2.94. The number of para-hydroxylation sites is 2. The van der Waals surface area contributed by atoms with E-state index >= 15 is 0 Å². The minimum Gasteiger partial charge on any atom is -0.490 e. The fourth-order valence-corrected chi connectivity index (χ4v) is 3.08. The van der Waals surface area contributed by atoms with Crippen molar-refractivity contribution in [1.29, 1.82) is 0 Å². The van der Waals surface area contributed by atoms with Crippen LogP contribution in [0.3, 0.4) is 0 Å². The molecule has 0 aliphatic heterocycles. The maximum Gasteiger partial charge on any atom is 0.321 e. The molecule has 1 aromatic carbocycles. The Balaban J connectivity index is 1.68. The van der Waals surface area contributed by atoms with Crippen molar-refractivity contribution in [3.05, 3.63) is 24.3 Å². The molecule has 0 bridgehead atoms. The zero-order valence-corrected chi connectivity index (χ0v) is 17.1. The minimum atomic E-state index is -1.07. The second-order valence-electron chi connectivity index (χ2n) is 6.91. The van der Waals surface area contributed by atoms with Crippen LogP contribution >= 0.6 is 0 Å². The number of urea groups is 1. The lowest BCUT2D eigenvalue weighted by atomic mass is 9.96. The first-order chi connectivity index (χ1) is 14.0. The average Bonchev–Trinajstić information content (AvgIpc) is 2.70. The highest BCUT2D eigenvalue weighted by molar-refractivity contribution is 5.97. The van der Waals surface area contributed by atoms with Gasteiger partial charge in [0.15, 0.2) is 17.6 Å². The van der Waals surface area contributed by atoms with Gasteiger partial charge in [-0.25, -0.2) is 4.79 Å². The van der Waals surface area contributed by atoms with Gasteiger partial charge < -0.3 is 19.5 Å². The van der Waals surface area contributed by atoms with Gasteiger partial charge in [0.1, 0.15) is 0 Å². The highest BCUT2D eigenvalue weighted by Gasteiger charge is 2.22. The summed E-state index contributed by atoms with van der Waals surface area (Å²) in [7, 11) is 0. The summed E-state index contributed by atoms with van der Waals surface area (Å²) in [4.78, 5) is 35.9. The first-order valence-electron chi connectivity index (χ1n) is 10.1. The lowest BCUT2D eigenvalue weighted by molar-refractivity contribution is -0.154. The van der Waals surface area contributed by atoms with Gasteiger partial charge in [0.05, 0.1) is 19.6 Å². The van der Waals surface area contributed by atoms with Gasteiger partial charge in [0.25, 0.3) is 5.91 Å². The molecule has 0 aromatic heterocycles. The average molecular weight is 406 g/mol. The van der Waals surface area contributed by atoms with E-state index in [1.807, 2.05) is 13.0 Å². The van der Waals surface area contributed by atoms with E-state index in [0.717, 1.165) is 25.7 Å². The summed E-state index contributed by atoms with van der Waals surface area (Å²) in [5.41, 5.74) is 0. The van der Waals surface area contributed by atoms with Crippen LogP contribution in [0.2, 0.25) is 0 Å². The van der Waals surface area contributed by atoms with E-state index in [-0.39, 0.29) is 19.1 Å².